The number of rotatable bonds is 14. The van der Waals surface area contributed by atoms with Crippen LogP contribution in [0.4, 0.5) is 0 Å². The van der Waals surface area contributed by atoms with Crippen molar-refractivity contribution in [3.8, 4) is 86.0 Å². The van der Waals surface area contributed by atoms with Gasteiger partial charge in [0.1, 0.15) is 23.3 Å². The zero-order valence-corrected chi connectivity index (χ0v) is 55.6. The average Bonchev–Trinajstić information content (AvgIpc) is 1.70. The molecule has 0 amide bonds. The molecule has 0 aliphatic heterocycles. The molecule has 0 unspecified atom stereocenters. The number of fused-ring (bicyclic) bond motifs is 4. The summed E-state index contributed by atoms with van der Waals surface area (Å²) in [5, 5.41) is 22.0. The van der Waals surface area contributed by atoms with Gasteiger partial charge >= 0.3 is 34.1 Å². The van der Waals surface area contributed by atoms with Crippen LogP contribution in [0, 0.1) is 54.5 Å². The van der Waals surface area contributed by atoms with Crippen molar-refractivity contribution in [1.82, 2.24) is 38.2 Å². The first-order valence-electron chi connectivity index (χ1n) is 29.2. The minimum atomic E-state index is -4.94. The molecule has 0 radical (unpaired) electrons. The molecule has 0 aliphatic carbocycles. The predicted octanol–water partition coefficient (Wildman–Crippen LogP) is 8.49. The number of aromatic nitrogens is 8. The smallest absolute Gasteiger partial charge is 0.324 e. The van der Waals surface area contributed by atoms with Crippen molar-refractivity contribution in [3.63, 3.8) is 0 Å². The van der Waals surface area contributed by atoms with E-state index < -0.39 is 20.5 Å². The number of halogens is 2. The molecule has 12 rings (SSSR count). The monoisotopic (exact) mass is 1390 g/mol. The second-order valence-corrected chi connectivity index (χ2v) is 21.4. The summed E-state index contributed by atoms with van der Waals surface area (Å²) in [5.74, 6) is 4.08. The van der Waals surface area contributed by atoms with Crippen LogP contribution in [0.15, 0.2) is 194 Å². The Labute approximate surface area is 566 Å². The zero-order valence-electron chi connectivity index (χ0n) is 52.2. The van der Waals surface area contributed by atoms with Gasteiger partial charge in [0.2, 0.25) is 0 Å². The molecule has 0 spiro atoms. The first-order valence-corrected chi connectivity index (χ1v) is 31.7. The molecule has 0 atom stereocenters. The van der Waals surface area contributed by atoms with Gasteiger partial charge in [0.25, 0.3) is 0 Å². The molecule has 0 fully saturated rings. The van der Waals surface area contributed by atoms with Crippen LogP contribution in [0.3, 0.4) is 0 Å². The van der Waals surface area contributed by atoms with E-state index in [9.17, 15) is 0 Å². The van der Waals surface area contributed by atoms with E-state index in [1.54, 1.807) is 18.2 Å². The minimum Gasteiger partial charge on any atom is -0.324 e. The van der Waals surface area contributed by atoms with Gasteiger partial charge in [-0.05, 0) is 96.5 Å². The van der Waals surface area contributed by atoms with Gasteiger partial charge in [-0.2, -0.15) is 15.8 Å². The van der Waals surface area contributed by atoms with E-state index in [4.69, 9.17) is 73.0 Å². The van der Waals surface area contributed by atoms with E-state index in [0.29, 0.717) is 0 Å². The van der Waals surface area contributed by atoms with Gasteiger partial charge in [-0.25, -0.2) is 57.2 Å². The number of hydrogen-bond donors (Lipinski definition) is 0. The molecule has 19 nitrogen and oxygen atoms in total. The molecular formula is C70H69Cl2Cu2N11O8. The van der Waals surface area contributed by atoms with Crippen molar-refractivity contribution in [2.45, 2.75) is 100 Å². The molecule has 4 heterocycles. The molecule has 4 aromatic heterocycles. The van der Waals surface area contributed by atoms with Gasteiger partial charge in [-0.1, -0.05) is 173 Å². The van der Waals surface area contributed by atoms with Crippen LogP contribution in [0.5, 0.6) is 0 Å². The Hall–Kier alpha value is -8.59. The summed E-state index contributed by atoms with van der Waals surface area (Å²) in [6.45, 7) is 16.9. The summed E-state index contributed by atoms with van der Waals surface area (Å²) in [6, 6.07) is 73.6. The van der Waals surface area contributed by atoms with E-state index in [2.05, 4.69) is 240 Å². The van der Waals surface area contributed by atoms with Crippen LogP contribution in [0.2, 0.25) is 0 Å². The Kier molecular flexibility index (Phi) is 31.2. The number of para-hydroxylation sites is 8. The van der Waals surface area contributed by atoms with Crippen LogP contribution in [0.25, 0.3) is 112 Å². The van der Waals surface area contributed by atoms with Gasteiger partial charge in [0.15, 0.2) is 0 Å². The maximum absolute atomic E-state index is 8.49. The van der Waals surface area contributed by atoms with E-state index in [1.807, 2.05) is 0 Å². The first kappa shape index (κ1) is 76.9. The third kappa shape index (κ3) is 20.7. The molecule has 0 saturated heterocycles. The molecule has 8 aromatic carbocycles. The second-order valence-electron chi connectivity index (χ2n) is 19.9. The zero-order chi connectivity index (χ0) is 66.1. The van der Waals surface area contributed by atoms with E-state index in [-0.39, 0.29) is 34.1 Å². The number of benzene rings is 8. The van der Waals surface area contributed by atoms with Gasteiger partial charge in [-0.15, -0.1) is 20.5 Å². The Bertz CT molecular complexity index is 3890. The summed E-state index contributed by atoms with van der Waals surface area (Å²) in [4.78, 5) is 20.5. The van der Waals surface area contributed by atoms with Crippen molar-refractivity contribution in [3.05, 3.63) is 194 Å². The minimum absolute atomic E-state index is 0. The SMILES string of the molecule is CC#N.CC#N.CC#N.CCCn1c(-c2ccccc2-c2ccccc2-c2nc3ccccc3n2CCC)nc2ccccc21.CCCn1c(-c2ccccc2-c2ccccc2-c2nc3ccccc3n2CCC)nc2ccccc21.[Cu+].[Cu+].[O-][Cl+3]([O-])([O-])[O-].[O-][Cl+3]([O-])([O-])[O-]. The fourth-order valence-corrected chi connectivity index (χ4v) is 10.6. The average molecular weight is 1390 g/mol. The standard InChI is InChI=1S/2C32H30N4.3C2H3N.2ClHO4.2Cu/c2*1-3-21-35-29-19-11-9-17-27(29)33-31(35)25-15-7-5-13-23(25)24-14-6-8-16-26(24)32-34-28-18-10-12-20-30(28)36(32)22-4-2;3*1-2-3;2*2-1(3,4)5;;/h2*5-20H,3-4,21-22H2,1-2H3;3*1H3;2*(H,2,3,4,5);;/q;;;;;;;2*+1/p-2. The fraction of sp³-hybridized carbons (Fsp3) is 0.214. The first-order chi connectivity index (χ1) is 43.8. The molecule has 0 aliphatic rings. The quantitative estimate of drug-likeness (QED) is 0.0921. The topological polar surface area (TPSA) is 327 Å². The molecule has 23 heteroatoms. The Morgan fingerprint density at radius 1 is 0.290 bits per heavy atom. The summed E-state index contributed by atoms with van der Waals surface area (Å²) in [6.07, 6.45) is 4.20. The summed E-state index contributed by atoms with van der Waals surface area (Å²) in [5.41, 5.74) is 18.2. The Morgan fingerprint density at radius 3 is 0.591 bits per heavy atom. The summed E-state index contributed by atoms with van der Waals surface area (Å²) >= 11 is 0. The third-order valence-electron chi connectivity index (χ3n) is 13.7. The van der Waals surface area contributed by atoms with Crippen LogP contribution < -0.4 is 37.3 Å². The van der Waals surface area contributed by atoms with Crippen LogP contribution in [0.1, 0.15) is 74.1 Å². The second kappa shape index (κ2) is 37.8. The van der Waals surface area contributed by atoms with Crippen molar-refractivity contribution >= 4 is 44.1 Å². The van der Waals surface area contributed by atoms with Gasteiger partial charge in [0.05, 0.1) is 62.3 Å². The van der Waals surface area contributed by atoms with E-state index >= 15 is 0 Å². The van der Waals surface area contributed by atoms with Gasteiger partial charge < -0.3 is 18.3 Å². The van der Waals surface area contributed by atoms with E-state index in [0.717, 1.165) is 119 Å². The van der Waals surface area contributed by atoms with Crippen LogP contribution in [-0.4, -0.2) is 38.2 Å². The number of imidazole rings is 4. The van der Waals surface area contributed by atoms with E-state index in [1.165, 1.54) is 65.1 Å². The summed E-state index contributed by atoms with van der Waals surface area (Å²) < 4.78 is 77.4. The van der Waals surface area contributed by atoms with Crippen molar-refractivity contribution in [1.29, 1.82) is 15.8 Å². The van der Waals surface area contributed by atoms with Crippen molar-refractivity contribution < 1.29 is 91.9 Å². The maximum Gasteiger partial charge on any atom is 1.00 e. The number of nitrogens with zero attached hydrogens (tertiary/aromatic N) is 11. The predicted molar refractivity (Wildman–Crippen MR) is 334 cm³/mol. The molecule has 0 bridgehead atoms. The third-order valence-corrected chi connectivity index (χ3v) is 13.7. The Balaban J connectivity index is 0.000000306. The molecular weight excluding hydrogens is 1320 g/mol. The maximum atomic E-state index is 8.49. The fourth-order valence-electron chi connectivity index (χ4n) is 10.6. The normalized spacial score (nSPS) is 10.5. The molecule has 0 N–H and O–H groups in total. The van der Waals surface area contributed by atoms with Gasteiger partial charge in [0, 0.05) is 69.2 Å². The molecule has 93 heavy (non-hydrogen) atoms. The number of nitriles is 3. The van der Waals surface area contributed by atoms with Crippen molar-refractivity contribution in [2.75, 3.05) is 0 Å². The number of hydrogen-bond acceptors (Lipinski definition) is 15. The molecule has 12 aromatic rings. The van der Waals surface area contributed by atoms with Gasteiger partial charge in [-0.3, -0.25) is 0 Å². The van der Waals surface area contributed by atoms with Crippen LogP contribution >= 0.6 is 0 Å². The van der Waals surface area contributed by atoms with Crippen LogP contribution in [-0.2, 0) is 60.3 Å². The number of aryl methyl sites for hydroxylation is 4. The largest absolute Gasteiger partial charge is 1.00 e. The Morgan fingerprint density at radius 2 is 0.430 bits per heavy atom. The molecule has 0 saturated carbocycles. The van der Waals surface area contributed by atoms with Crippen molar-refractivity contribution in [2.24, 2.45) is 0 Å². The summed E-state index contributed by atoms with van der Waals surface area (Å²) in [7, 11) is -9.89. The molecule has 488 valence electrons.